The van der Waals surface area contributed by atoms with Gasteiger partial charge in [-0.15, -0.1) is 11.3 Å². The van der Waals surface area contributed by atoms with Gasteiger partial charge in [0.1, 0.15) is 11.0 Å². The lowest BCUT2D eigenvalue weighted by Crippen LogP contribution is -2.37. The minimum Gasteiger partial charge on any atom is -0.477 e. The van der Waals surface area contributed by atoms with Gasteiger partial charge in [-0.05, 0) is 42.7 Å². The SMILES string of the molecule is CCCCC(O)c1ccc(N2C(=O)CCC2[C@H](OC)c2ccc(C(=O)O)s2)cc1. The van der Waals surface area contributed by atoms with Crippen molar-refractivity contribution >= 4 is 28.9 Å². The average Bonchev–Trinajstić information content (AvgIpc) is 3.35. The summed E-state index contributed by atoms with van der Waals surface area (Å²) in [6, 6.07) is 10.6. The van der Waals surface area contributed by atoms with Gasteiger partial charge in [0.05, 0.1) is 12.1 Å². The lowest BCUT2D eigenvalue weighted by Gasteiger charge is -2.30. The van der Waals surface area contributed by atoms with Gasteiger partial charge >= 0.3 is 5.97 Å². The summed E-state index contributed by atoms with van der Waals surface area (Å²) in [6.07, 6.45) is 2.88. The minimum atomic E-state index is -0.965. The van der Waals surface area contributed by atoms with Crippen molar-refractivity contribution in [3.63, 3.8) is 0 Å². The molecule has 0 spiro atoms. The van der Waals surface area contributed by atoms with Crippen molar-refractivity contribution in [3.8, 4) is 0 Å². The molecule has 1 amide bonds. The van der Waals surface area contributed by atoms with E-state index in [1.165, 1.54) is 11.3 Å². The third-order valence-electron chi connectivity index (χ3n) is 5.36. The molecule has 0 radical (unpaired) electrons. The minimum absolute atomic E-state index is 0.0198. The number of hydrogen-bond acceptors (Lipinski definition) is 5. The number of anilines is 1. The molecule has 0 aliphatic carbocycles. The summed E-state index contributed by atoms with van der Waals surface area (Å²) in [6.45, 7) is 2.09. The van der Waals surface area contributed by atoms with E-state index in [0.717, 1.165) is 35.4 Å². The Morgan fingerprint density at radius 3 is 2.59 bits per heavy atom. The maximum atomic E-state index is 12.6. The Labute approximate surface area is 174 Å². The van der Waals surface area contributed by atoms with Gasteiger partial charge in [-0.25, -0.2) is 4.79 Å². The predicted octanol–water partition coefficient (Wildman–Crippen LogP) is 4.55. The predicted molar refractivity (Wildman–Crippen MR) is 112 cm³/mol. The van der Waals surface area contributed by atoms with Crippen molar-refractivity contribution in [2.75, 3.05) is 12.0 Å². The summed E-state index contributed by atoms with van der Waals surface area (Å²) >= 11 is 1.18. The van der Waals surface area contributed by atoms with Crippen LogP contribution in [0.4, 0.5) is 5.69 Å². The number of methoxy groups -OCH3 is 1. The summed E-state index contributed by atoms with van der Waals surface area (Å²) in [4.78, 5) is 26.7. The average molecular weight is 418 g/mol. The van der Waals surface area contributed by atoms with Crippen molar-refractivity contribution in [3.05, 3.63) is 51.7 Å². The molecule has 7 heteroatoms. The Kier molecular flexibility index (Phi) is 7.05. The first-order chi connectivity index (χ1) is 14.0. The Morgan fingerprint density at radius 2 is 2.00 bits per heavy atom. The third kappa shape index (κ3) is 4.69. The Morgan fingerprint density at radius 1 is 1.28 bits per heavy atom. The molecule has 29 heavy (non-hydrogen) atoms. The van der Waals surface area contributed by atoms with Crippen LogP contribution in [-0.4, -0.2) is 35.2 Å². The Hall–Kier alpha value is -2.22. The molecule has 1 aromatic heterocycles. The number of amides is 1. The molecule has 2 N–H and O–H groups in total. The number of aliphatic hydroxyl groups excluding tert-OH is 1. The molecule has 2 heterocycles. The third-order valence-corrected chi connectivity index (χ3v) is 6.50. The van der Waals surface area contributed by atoms with Crippen LogP contribution in [0.5, 0.6) is 0 Å². The van der Waals surface area contributed by atoms with Crippen LogP contribution in [0.1, 0.15) is 71.3 Å². The number of nitrogens with zero attached hydrogens (tertiary/aromatic N) is 1. The molecule has 156 valence electrons. The second kappa shape index (κ2) is 9.52. The smallest absolute Gasteiger partial charge is 0.345 e. The highest BCUT2D eigenvalue weighted by molar-refractivity contribution is 7.14. The first-order valence-electron chi connectivity index (χ1n) is 9.92. The number of benzene rings is 1. The number of ether oxygens (including phenoxy) is 1. The van der Waals surface area contributed by atoms with Gasteiger partial charge in [-0.2, -0.15) is 0 Å². The summed E-state index contributed by atoms with van der Waals surface area (Å²) in [5, 5.41) is 19.5. The van der Waals surface area contributed by atoms with Gasteiger partial charge in [0.25, 0.3) is 0 Å². The molecule has 1 aliphatic heterocycles. The van der Waals surface area contributed by atoms with Crippen molar-refractivity contribution in [1.29, 1.82) is 0 Å². The van der Waals surface area contributed by atoms with Crippen LogP contribution in [0, 0.1) is 0 Å². The normalized spacial score (nSPS) is 18.8. The second-order valence-electron chi connectivity index (χ2n) is 7.28. The first kappa shape index (κ1) is 21.5. The largest absolute Gasteiger partial charge is 0.477 e. The molecule has 0 saturated carbocycles. The van der Waals surface area contributed by atoms with Crippen molar-refractivity contribution in [2.45, 2.75) is 57.3 Å². The summed E-state index contributed by atoms with van der Waals surface area (Å²) in [7, 11) is 1.58. The standard InChI is InChI=1S/C22H27NO5S/c1-3-4-5-17(24)14-6-8-15(9-7-14)23-16(10-13-20(23)25)21(28-2)18-11-12-19(29-18)22(26)27/h6-9,11-12,16-17,21,24H,3-5,10,13H2,1-2H3,(H,26,27)/t16?,17?,21-/m0/s1. The first-order valence-corrected chi connectivity index (χ1v) is 10.7. The molecule has 1 aromatic carbocycles. The van der Waals surface area contributed by atoms with Crippen LogP contribution in [0.2, 0.25) is 0 Å². The van der Waals surface area contributed by atoms with E-state index in [9.17, 15) is 19.8 Å². The monoisotopic (exact) mass is 417 g/mol. The van der Waals surface area contributed by atoms with Gasteiger partial charge in [-0.3, -0.25) is 4.79 Å². The maximum Gasteiger partial charge on any atom is 0.345 e. The van der Waals surface area contributed by atoms with Crippen LogP contribution in [0.25, 0.3) is 0 Å². The molecule has 1 fully saturated rings. The van der Waals surface area contributed by atoms with E-state index in [0.29, 0.717) is 12.8 Å². The Bertz CT molecular complexity index is 847. The number of carbonyl (C=O) groups excluding carboxylic acids is 1. The molecule has 2 unspecified atom stereocenters. The van der Waals surface area contributed by atoms with E-state index in [1.54, 1.807) is 24.1 Å². The molecule has 2 aromatic rings. The highest BCUT2D eigenvalue weighted by Gasteiger charge is 2.39. The molecule has 3 atom stereocenters. The van der Waals surface area contributed by atoms with E-state index in [1.807, 2.05) is 24.3 Å². The van der Waals surface area contributed by atoms with Crippen LogP contribution in [-0.2, 0) is 9.53 Å². The molecule has 0 bridgehead atoms. The molecular formula is C22H27NO5S. The molecule has 1 aliphatic rings. The van der Waals surface area contributed by atoms with E-state index in [2.05, 4.69) is 6.92 Å². The summed E-state index contributed by atoms with van der Waals surface area (Å²) in [5.41, 5.74) is 1.61. The number of hydrogen-bond donors (Lipinski definition) is 2. The van der Waals surface area contributed by atoms with Gasteiger partial charge < -0.3 is 19.8 Å². The van der Waals surface area contributed by atoms with Crippen molar-refractivity contribution in [1.82, 2.24) is 0 Å². The fourth-order valence-corrected chi connectivity index (χ4v) is 4.82. The van der Waals surface area contributed by atoms with E-state index >= 15 is 0 Å². The highest BCUT2D eigenvalue weighted by Crippen LogP contribution is 2.38. The number of aromatic carboxylic acids is 1. The second-order valence-corrected chi connectivity index (χ2v) is 8.40. The topological polar surface area (TPSA) is 87.1 Å². The lowest BCUT2D eigenvalue weighted by molar-refractivity contribution is -0.117. The van der Waals surface area contributed by atoms with Crippen molar-refractivity contribution < 1.29 is 24.5 Å². The molecule has 6 nitrogen and oxygen atoms in total. The van der Waals surface area contributed by atoms with E-state index < -0.39 is 18.2 Å². The zero-order valence-corrected chi connectivity index (χ0v) is 17.5. The number of carboxylic acid groups (broad SMARTS) is 1. The number of carboxylic acids is 1. The Balaban J connectivity index is 1.82. The van der Waals surface area contributed by atoms with Crippen LogP contribution < -0.4 is 4.90 Å². The number of carbonyl (C=O) groups is 2. The maximum absolute atomic E-state index is 12.6. The number of thiophene rings is 1. The van der Waals surface area contributed by atoms with Gasteiger partial charge in [0.15, 0.2) is 0 Å². The van der Waals surface area contributed by atoms with Gasteiger partial charge in [0.2, 0.25) is 5.91 Å². The van der Waals surface area contributed by atoms with E-state index in [4.69, 9.17) is 4.74 Å². The zero-order valence-electron chi connectivity index (χ0n) is 16.7. The fourth-order valence-electron chi connectivity index (χ4n) is 3.83. The highest BCUT2D eigenvalue weighted by atomic mass is 32.1. The molecule has 1 saturated heterocycles. The number of unbranched alkanes of at least 4 members (excludes halogenated alkanes) is 1. The fraction of sp³-hybridized carbons (Fsp3) is 0.455. The quantitative estimate of drug-likeness (QED) is 0.625. The van der Waals surface area contributed by atoms with Crippen LogP contribution in [0.15, 0.2) is 36.4 Å². The zero-order chi connectivity index (χ0) is 21.0. The molecule has 3 rings (SSSR count). The summed E-state index contributed by atoms with van der Waals surface area (Å²) in [5.74, 6) is -0.945. The lowest BCUT2D eigenvalue weighted by atomic mass is 10.0. The van der Waals surface area contributed by atoms with Crippen LogP contribution >= 0.6 is 11.3 Å². The molecular weight excluding hydrogens is 390 g/mol. The number of aliphatic hydroxyl groups is 1. The summed E-state index contributed by atoms with van der Waals surface area (Å²) < 4.78 is 5.70. The van der Waals surface area contributed by atoms with Gasteiger partial charge in [-0.1, -0.05) is 31.9 Å². The van der Waals surface area contributed by atoms with Gasteiger partial charge in [0, 0.05) is 24.1 Å². The van der Waals surface area contributed by atoms with Crippen LogP contribution in [0.3, 0.4) is 0 Å². The van der Waals surface area contributed by atoms with E-state index in [-0.39, 0.29) is 16.8 Å². The number of rotatable bonds is 9. The van der Waals surface area contributed by atoms with Crippen molar-refractivity contribution in [2.24, 2.45) is 0 Å².